The Labute approximate surface area is 124 Å². The van der Waals surface area contributed by atoms with Gasteiger partial charge in [-0.2, -0.15) is 0 Å². The van der Waals surface area contributed by atoms with Crippen LogP contribution in [-0.2, 0) is 13.1 Å². The van der Waals surface area contributed by atoms with Crippen molar-refractivity contribution in [2.24, 2.45) is 0 Å². The molecule has 1 rings (SSSR count). The highest BCUT2D eigenvalue weighted by atomic mass is 15.4. The third kappa shape index (κ3) is 8.31. The van der Waals surface area contributed by atoms with Crippen LogP contribution in [0.15, 0.2) is 6.20 Å². The van der Waals surface area contributed by atoms with Gasteiger partial charge in [-0.1, -0.05) is 69.9 Å². The van der Waals surface area contributed by atoms with Crippen molar-refractivity contribution < 1.29 is 0 Å². The lowest BCUT2D eigenvalue weighted by Crippen LogP contribution is -2.05. The fourth-order valence-electron chi connectivity index (χ4n) is 2.47. The van der Waals surface area contributed by atoms with E-state index in [2.05, 4.69) is 22.6 Å². The monoisotopic (exact) mass is 280 g/mol. The number of unbranched alkanes of at least 4 members (excludes halogenated alkanes) is 9. The summed E-state index contributed by atoms with van der Waals surface area (Å²) in [6, 6.07) is 0. The van der Waals surface area contributed by atoms with Gasteiger partial charge in [0.25, 0.3) is 0 Å². The summed E-state index contributed by atoms with van der Waals surface area (Å²) in [5, 5.41) is 11.3. The summed E-state index contributed by atoms with van der Waals surface area (Å²) in [6.07, 6.45) is 15.8. The largest absolute Gasteiger partial charge is 0.314 e. The Morgan fingerprint density at radius 2 is 1.55 bits per heavy atom. The second-order valence-corrected chi connectivity index (χ2v) is 5.69. The van der Waals surface area contributed by atoms with E-state index in [4.69, 9.17) is 0 Å². The molecule has 20 heavy (non-hydrogen) atoms. The molecule has 0 saturated heterocycles. The predicted molar refractivity (Wildman–Crippen MR) is 84.6 cm³/mol. The minimum Gasteiger partial charge on any atom is -0.314 e. The molecular formula is C16H32N4. The Morgan fingerprint density at radius 1 is 0.950 bits per heavy atom. The molecule has 1 aromatic rings. The number of aryl methyl sites for hydroxylation is 1. The lowest BCUT2D eigenvalue weighted by atomic mass is 10.1. The molecule has 0 amide bonds. The number of rotatable bonds is 13. The molecule has 0 saturated carbocycles. The van der Waals surface area contributed by atoms with Crippen molar-refractivity contribution in [3.8, 4) is 0 Å². The Balaban J connectivity index is 1.89. The second-order valence-electron chi connectivity index (χ2n) is 5.69. The molecule has 0 spiro atoms. The number of aromatic nitrogens is 3. The molecule has 1 heterocycles. The lowest BCUT2D eigenvalue weighted by Gasteiger charge is -2.02. The van der Waals surface area contributed by atoms with Crippen molar-refractivity contribution in [2.45, 2.75) is 84.2 Å². The summed E-state index contributed by atoms with van der Waals surface area (Å²) in [5.74, 6) is 0. The van der Waals surface area contributed by atoms with E-state index >= 15 is 0 Å². The van der Waals surface area contributed by atoms with Gasteiger partial charge >= 0.3 is 0 Å². The van der Waals surface area contributed by atoms with Crippen molar-refractivity contribution in [1.29, 1.82) is 0 Å². The van der Waals surface area contributed by atoms with E-state index in [0.717, 1.165) is 18.8 Å². The van der Waals surface area contributed by atoms with E-state index < -0.39 is 0 Å². The van der Waals surface area contributed by atoms with Gasteiger partial charge in [-0.05, 0) is 13.5 Å². The summed E-state index contributed by atoms with van der Waals surface area (Å²) in [6.45, 7) is 4.09. The minimum absolute atomic E-state index is 0.804. The van der Waals surface area contributed by atoms with Crippen LogP contribution in [0.5, 0.6) is 0 Å². The zero-order chi connectivity index (χ0) is 14.5. The number of nitrogens with zero attached hydrogens (tertiary/aromatic N) is 3. The van der Waals surface area contributed by atoms with Crippen molar-refractivity contribution >= 4 is 0 Å². The van der Waals surface area contributed by atoms with Crippen LogP contribution in [0.2, 0.25) is 0 Å². The number of hydrogen-bond donors (Lipinski definition) is 1. The maximum absolute atomic E-state index is 4.14. The van der Waals surface area contributed by atoms with Crippen LogP contribution < -0.4 is 5.32 Å². The molecule has 0 aliphatic heterocycles. The van der Waals surface area contributed by atoms with Crippen LogP contribution in [0.3, 0.4) is 0 Å². The number of hydrogen-bond acceptors (Lipinski definition) is 3. The lowest BCUT2D eigenvalue weighted by molar-refractivity contribution is 0.507. The topological polar surface area (TPSA) is 42.7 Å². The van der Waals surface area contributed by atoms with Gasteiger partial charge in [0, 0.05) is 19.3 Å². The number of nitrogens with one attached hydrogen (secondary N) is 1. The van der Waals surface area contributed by atoms with E-state index in [-0.39, 0.29) is 0 Å². The Morgan fingerprint density at radius 3 is 2.15 bits per heavy atom. The van der Waals surface area contributed by atoms with Crippen molar-refractivity contribution in [3.63, 3.8) is 0 Å². The maximum atomic E-state index is 4.14. The Bertz CT molecular complexity index is 322. The first kappa shape index (κ1) is 17.2. The Kier molecular flexibility index (Phi) is 10.2. The molecule has 116 valence electrons. The smallest absolute Gasteiger partial charge is 0.0964 e. The highest BCUT2D eigenvalue weighted by Gasteiger charge is 1.99. The summed E-state index contributed by atoms with van der Waals surface area (Å²) < 4.78 is 1.97. The molecule has 0 aromatic carbocycles. The van der Waals surface area contributed by atoms with Crippen molar-refractivity contribution in [2.75, 3.05) is 7.05 Å². The van der Waals surface area contributed by atoms with Gasteiger partial charge in [0.1, 0.15) is 0 Å². The molecule has 0 atom stereocenters. The van der Waals surface area contributed by atoms with E-state index in [1.165, 1.54) is 64.2 Å². The van der Waals surface area contributed by atoms with E-state index in [1.807, 2.05) is 17.9 Å². The highest BCUT2D eigenvalue weighted by molar-refractivity contribution is 4.90. The van der Waals surface area contributed by atoms with Crippen LogP contribution in [0.25, 0.3) is 0 Å². The second kappa shape index (κ2) is 11.9. The molecule has 0 aliphatic carbocycles. The summed E-state index contributed by atoms with van der Waals surface area (Å²) in [4.78, 5) is 0. The maximum Gasteiger partial charge on any atom is 0.0964 e. The molecule has 0 aliphatic rings. The molecule has 0 radical (unpaired) electrons. The average molecular weight is 280 g/mol. The molecule has 0 fully saturated rings. The quantitative estimate of drug-likeness (QED) is 0.557. The third-order valence-corrected chi connectivity index (χ3v) is 3.68. The van der Waals surface area contributed by atoms with Crippen molar-refractivity contribution in [1.82, 2.24) is 20.3 Å². The first-order valence-electron chi connectivity index (χ1n) is 8.40. The molecule has 0 unspecified atom stereocenters. The molecule has 4 nitrogen and oxygen atoms in total. The van der Waals surface area contributed by atoms with Crippen LogP contribution in [0.4, 0.5) is 0 Å². The summed E-state index contributed by atoms with van der Waals surface area (Å²) in [7, 11) is 1.93. The minimum atomic E-state index is 0.804. The molecule has 1 aromatic heterocycles. The van der Waals surface area contributed by atoms with Crippen LogP contribution in [0.1, 0.15) is 76.8 Å². The normalized spacial score (nSPS) is 11.1. The molecular weight excluding hydrogens is 248 g/mol. The van der Waals surface area contributed by atoms with E-state index in [9.17, 15) is 0 Å². The first-order chi connectivity index (χ1) is 9.86. The van der Waals surface area contributed by atoms with Gasteiger partial charge in [0.05, 0.1) is 5.69 Å². The zero-order valence-corrected chi connectivity index (χ0v) is 13.4. The van der Waals surface area contributed by atoms with Crippen LogP contribution in [0, 0.1) is 0 Å². The zero-order valence-electron chi connectivity index (χ0n) is 13.4. The van der Waals surface area contributed by atoms with Crippen molar-refractivity contribution in [3.05, 3.63) is 11.9 Å². The van der Waals surface area contributed by atoms with Gasteiger partial charge in [-0.25, -0.2) is 0 Å². The van der Waals surface area contributed by atoms with Gasteiger partial charge in [-0.3, -0.25) is 4.68 Å². The average Bonchev–Trinajstić information content (AvgIpc) is 2.89. The predicted octanol–water partition coefficient (Wildman–Crippen LogP) is 3.92. The fourth-order valence-corrected chi connectivity index (χ4v) is 2.47. The molecule has 1 N–H and O–H groups in total. The van der Waals surface area contributed by atoms with Gasteiger partial charge in [0.2, 0.25) is 0 Å². The third-order valence-electron chi connectivity index (χ3n) is 3.68. The van der Waals surface area contributed by atoms with Crippen LogP contribution in [-0.4, -0.2) is 22.0 Å². The van der Waals surface area contributed by atoms with Gasteiger partial charge in [0.15, 0.2) is 0 Å². The van der Waals surface area contributed by atoms with E-state index in [0.29, 0.717) is 0 Å². The highest BCUT2D eigenvalue weighted by Crippen LogP contribution is 2.10. The summed E-state index contributed by atoms with van der Waals surface area (Å²) in [5.41, 5.74) is 1.03. The fraction of sp³-hybridized carbons (Fsp3) is 0.875. The van der Waals surface area contributed by atoms with Gasteiger partial charge in [-0.15, -0.1) is 5.10 Å². The van der Waals surface area contributed by atoms with E-state index in [1.54, 1.807) is 0 Å². The first-order valence-corrected chi connectivity index (χ1v) is 8.40. The molecule has 4 heteroatoms. The Hall–Kier alpha value is -0.900. The standard InChI is InChI=1S/C16H32N4/c1-3-4-5-6-7-8-9-10-11-12-13-20-15-16(14-17-2)18-19-20/h15,17H,3-14H2,1-2H3. The SMILES string of the molecule is CCCCCCCCCCCCn1cc(CNC)nn1. The summed E-state index contributed by atoms with van der Waals surface area (Å²) >= 11 is 0. The van der Waals surface area contributed by atoms with Crippen LogP contribution >= 0.6 is 0 Å². The molecule has 0 bridgehead atoms. The van der Waals surface area contributed by atoms with Gasteiger partial charge < -0.3 is 5.32 Å².